The van der Waals surface area contributed by atoms with Crippen LogP contribution in [0, 0.1) is 5.82 Å². The van der Waals surface area contributed by atoms with Gasteiger partial charge in [-0.3, -0.25) is 18.8 Å². The Morgan fingerprint density at radius 2 is 1.85 bits per heavy atom. The number of fused-ring (bicyclic) bond motifs is 1. The van der Waals surface area contributed by atoms with E-state index < -0.39 is 19.9 Å². The van der Waals surface area contributed by atoms with Gasteiger partial charge in [-0.2, -0.15) is 0 Å². The number of rotatable bonds is 7. The zero-order chi connectivity index (χ0) is 25.3. The summed E-state index contributed by atoms with van der Waals surface area (Å²) in [4.78, 5) is 25.3. The summed E-state index contributed by atoms with van der Waals surface area (Å²) < 4.78 is 39.9. The Kier molecular flexibility index (Phi) is 8.03. The Bertz CT molecular complexity index is 1130. The van der Waals surface area contributed by atoms with Crippen LogP contribution in [0.1, 0.15) is 64.7 Å². The maximum Gasteiger partial charge on any atom is 0.397 e. The van der Waals surface area contributed by atoms with Crippen LogP contribution >= 0.6 is 8.60 Å². The number of H-pyrrole nitrogens is 1. The van der Waals surface area contributed by atoms with E-state index in [0.717, 1.165) is 5.56 Å². The Morgan fingerprint density at radius 1 is 1.18 bits per heavy atom. The minimum absolute atomic E-state index is 0.0598. The van der Waals surface area contributed by atoms with E-state index >= 15 is 4.39 Å². The maximum absolute atomic E-state index is 15.4. The summed E-state index contributed by atoms with van der Waals surface area (Å²) in [6, 6.07) is 3.19. The molecule has 0 aliphatic carbocycles. The van der Waals surface area contributed by atoms with Gasteiger partial charge in [-0.1, -0.05) is 41.5 Å². The minimum atomic E-state index is -1.75. The average Bonchev–Trinajstić information content (AvgIpc) is 2.73. The van der Waals surface area contributed by atoms with Crippen molar-refractivity contribution in [1.29, 1.82) is 0 Å². The summed E-state index contributed by atoms with van der Waals surface area (Å²) >= 11 is 0. The highest BCUT2D eigenvalue weighted by Crippen LogP contribution is 2.52. The molecule has 0 spiro atoms. The molecule has 0 bridgehead atoms. The lowest BCUT2D eigenvalue weighted by Gasteiger charge is -2.33. The van der Waals surface area contributed by atoms with E-state index in [1.165, 1.54) is 16.8 Å². The van der Waals surface area contributed by atoms with E-state index in [0.29, 0.717) is 29.8 Å². The van der Waals surface area contributed by atoms with E-state index in [1.54, 1.807) is 7.11 Å². The van der Waals surface area contributed by atoms with Crippen LogP contribution < -0.4 is 15.8 Å². The number of ether oxygens (including phenoxy) is 1. The first kappa shape index (κ1) is 26.5. The Balaban J connectivity index is 1.72. The third kappa shape index (κ3) is 6.13. The first-order valence-corrected chi connectivity index (χ1v) is 12.3. The van der Waals surface area contributed by atoms with Crippen molar-refractivity contribution in [1.82, 2.24) is 9.55 Å². The van der Waals surface area contributed by atoms with Crippen molar-refractivity contribution in [2.45, 2.75) is 78.0 Å². The highest BCUT2D eigenvalue weighted by Gasteiger charge is 2.35. The van der Waals surface area contributed by atoms with Crippen LogP contribution in [0.5, 0.6) is 5.75 Å². The molecule has 0 saturated heterocycles. The number of benzene rings is 1. The third-order valence-electron chi connectivity index (χ3n) is 5.69. The molecule has 10 heteroatoms. The first-order chi connectivity index (χ1) is 15.8. The normalized spacial score (nSPS) is 17.2. The monoisotopic (exact) mass is 496 g/mol. The second kappa shape index (κ2) is 10.3. The van der Waals surface area contributed by atoms with Crippen LogP contribution in [0.2, 0.25) is 0 Å². The van der Waals surface area contributed by atoms with Gasteiger partial charge in [0.25, 0.3) is 5.56 Å². The van der Waals surface area contributed by atoms with Crippen LogP contribution in [-0.2, 0) is 37.8 Å². The number of nitrogens with zero attached hydrogens (tertiary/aromatic N) is 1. The molecule has 1 N–H and O–H groups in total. The number of halogens is 1. The quantitative estimate of drug-likeness (QED) is 0.567. The lowest BCUT2D eigenvalue weighted by molar-refractivity contribution is 0.0396. The summed E-state index contributed by atoms with van der Waals surface area (Å²) in [5, 5.41) is 0. The molecule has 2 atom stereocenters. The molecule has 0 amide bonds. The molecule has 1 aliphatic heterocycles. The van der Waals surface area contributed by atoms with Gasteiger partial charge in [0, 0.05) is 31.5 Å². The summed E-state index contributed by atoms with van der Waals surface area (Å²) in [7, 11) is -0.197. The van der Waals surface area contributed by atoms with Gasteiger partial charge in [0.15, 0.2) is 0 Å². The number of aryl methyl sites for hydroxylation is 1. The predicted molar refractivity (Wildman–Crippen MR) is 129 cm³/mol. The van der Waals surface area contributed by atoms with Crippen molar-refractivity contribution in [2.75, 3.05) is 13.7 Å². The molecule has 3 rings (SSSR count). The lowest BCUT2D eigenvalue weighted by atomic mass is 9.78. The number of aromatic amines is 1. The molecule has 1 aromatic carbocycles. The highest BCUT2D eigenvalue weighted by atomic mass is 31.2. The van der Waals surface area contributed by atoms with Gasteiger partial charge in [-0.25, -0.2) is 9.18 Å². The van der Waals surface area contributed by atoms with Crippen molar-refractivity contribution < 1.29 is 22.7 Å². The van der Waals surface area contributed by atoms with Crippen molar-refractivity contribution in [3.63, 3.8) is 0 Å². The molecule has 1 aromatic heterocycles. The van der Waals surface area contributed by atoms with Gasteiger partial charge in [-0.15, -0.1) is 0 Å². The van der Waals surface area contributed by atoms with Crippen molar-refractivity contribution in [3.8, 4) is 5.75 Å². The number of nitrogens with one attached hydrogen (secondary N) is 1. The average molecular weight is 497 g/mol. The van der Waals surface area contributed by atoms with Gasteiger partial charge >= 0.3 is 14.3 Å². The lowest BCUT2D eigenvalue weighted by Crippen LogP contribution is -2.30. The topological polar surface area (TPSA) is 91.8 Å². The molecule has 34 heavy (non-hydrogen) atoms. The van der Waals surface area contributed by atoms with Crippen molar-refractivity contribution >= 4 is 8.60 Å². The second-order valence-corrected chi connectivity index (χ2v) is 11.6. The SMILES string of the molecule is COC(CCn1ccc(=O)[nH]c1=O)COP1OCc2c(F)c(C(C)(C)C)cc(C(C)(C)C)c2O1. The van der Waals surface area contributed by atoms with Crippen LogP contribution in [0.15, 0.2) is 27.9 Å². The van der Waals surface area contributed by atoms with E-state index in [-0.39, 0.29) is 36.0 Å². The zero-order valence-corrected chi connectivity index (χ0v) is 21.8. The molecular formula is C24H34FN2O6P. The Morgan fingerprint density at radius 3 is 2.44 bits per heavy atom. The van der Waals surface area contributed by atoms with Crippen LogP contribution in [0.25, 0.3) is 0 Å². The number of hydrogen-bond donors (Lipinski definition) is 1. The van der Waals surface area contributed by atoms with Gasteiger partial charge in [-0.05, 0) is 28.9 Å². The Hall–Kier alpha value is -2.06. The van der Waals surface area contributed by atoms with Gasteiger partial charge < -0.3 is 13.8 Å². The summed E-state index contributed by atoms with van der Waals surface area (Å²) in [5.74, 6) is 0.190. The van der Waals surface area contributed by atoms with E-state index in [4.69, 9.17) is 18.3 Å². The van der Waals surface area contributed by atoms with Gasteiger partial charge in [0.1, 0.15) is 11.6 Å². The molecule has 2 aromatic rings. The third-order valence-corrected chi connectivity index (χ3v) is 6.72. The molecule has 2 heterocycles. The van der Waals surface area contributed by atoms with Crippen LogP contribution in [-0.4, -0.2) is 29.4 Å². The number of aromatic nitrogens is 2. The van der Waals surface area contributed by atoms with Crippen LogP contribution in [0.3, 0.4) is 0 Å². The van der Waals surface area contributed by atoms with E-state index in [2.05, 4.69) is 25.8 Å². The fourth-order valence-electron chi connectivity index (χ4n) is 3.63. The molecule has 188 valence electrons. The smallest absolute Gasteiger partial charge is 0.397 e. The largest absolute Gasteiger partial charge is 0.426 e. The second-order valence-electron chi connectivity index (χ2n) is 10.4. The molecule has 8 nitrogen and oxygen atoms in total. The van der Waals surface area contributed by atoms with Crippen molar-refractivity contribution in [2.24, 2.45) is 0 Å². The Labute approximate surface area is 200 Å². The van der Waals surface area contributed by atoms with Crippen LogP contribution in [0.4, 0.5) is 4.39 Å². The van der Waals surface area contributed by atoms with Gasteiger partial charge in [0.2, 0.25) is 0 Å². The predicted octanol–water partition coefficient (Wildman–Crippen LogP) is 4.53. The number of methoxy groups -OCH3 is 1. The fraction of sp³-hybridized carbons (Fsp3) is 0.583. The molecule has 1 aliphatic rings. The standard InChI is InChI=1S/C24H34FN2O6P/c1-23(2,3)17-12-18(24(4,5)6)21-16(20(17)25)14-32-34(33-21)31-13-15(30-7)8-10-27-11-9-19(28)26-22(27)29/h9,11-12,15H,8,10,13-14H2,1-7H3,(H,26,28,29). The molecule has 0 radical (unpaired) electrons. The molecular weight excluding hydrogens is 462 g/mol. The van der Waals surface area contributed by atoms with Gasteiger partial charge in [0.05, 0.1) is 24.9 Å². The van der Waals surface area contributed by atoms with E-state index in [9.17, 15) is 9.59 Å². The number of hydrogen-bond acceptors (Lipinski definition) is 6. The minimum Gasteiger partial charge on any atom is -0.426 e. The first-order valence-electron chi connectivity index (χ1n) is 11.2. The molecule has 0 fully saturated rings. The summed E-state index contributed by atoms with van der Waals surface area (Å²) in [5.41, 5.74) is 0.409. The summed E-state index contributed by atoms with van der Waals surface area (Å²) in [6.45, 7) is 12.7. The fourth-order valence-corrected chi connectivity index (χ4v) is 4.69. The molecule has 2 unspecified atom stereocenters. The molecule has 0 saturated carbocycles. The van der Waals surface area contributed by atoms with Crippen molar-refractivity contribution in [3.05, 3.63) is 61.7 Å². The zero-order valence-electron chi connectivity index (χ0n) is 20.9. The maximum atomic E-state index is 15.4. The van der Waals surface area contributed by atoms with E-state index in [1.807, 2.05) is 26.8 Å². The highest BCUT2D eigenvalue weighted by molar-refractivity contribution is 7.42. The summed E-state index contributed by atoms with van der Waals surface area (Å²) in [6.07, 6.45) is 1.58.